The topological polar surface area (TPSA) is 104 Å². The van der Waals surface area contributed by atoms with Crippen molar-refractivity contribution in [3.8, 4) is 0 Å². The number of amides is 2. The Kier molecular flexibility index (Phi) is 6.82. The highest BCUT2D eigenvalue weighted by Gasteiger charge is 2.19. The van der Waals surface area contributed by atoms with Crippen LogP contribution in [0.15, 0.2) is 24.3 Å². The minimum atomic E-state index is -0.649. The quantitative estimate of drug-likeness (QED) is 0.655. The molecule has 0 aliphatic carbocycles. The second kappa shape index (κ2) is 8.86. The molecule has 1 aromatic heterocycles. The van der Waals surface area contributed by atoms with Crippen LogP contribution in [0.5, 0.6) is 0 Å². The lowest BCUT2D eigenvalue weighted by Gasteiger charge is -2.23. The molecule has 26 heavy (non-hydrogen) atoms. The fraction of sp³-hybridized carbons (Fsp3) is 0.444. The monoisotopic (exact) mass is 376 g/mol. The van der Waals surface area contributed by atoms with Gasteiger partial charge < -0.3 is 15.7 Å². The predicted octanol–water partition coefficient (Wildman–Crippen LogP) is 2.17. The average Bonchev–Trinajstić information content (AvgIpc) is 3.05. The van der Waals surface area contributed by atoms with Crippen molar-refractivity contribution in [2.45, 2.75) is 45.6 Å². The van der Waals surface area contributed by atoms with E-state index >= 15 is 0 Å². The minimum absolute atomic E-state index is 0.129. The number of hydrogen-bond acceptors (Lipinski definition) is 6. The van der Waals surface area contributed by atoms with Crippen LogP contribution in [-0.2, 0) is 17.6 Å². The van der Waals surface area contributed by atoms with Gasteiger partial charge in [0.2, 0.25) is 5.91 Å². The van der Waals surface area contributed by atoms with Crippen LogP contribution in [0.25, 0.3) is 0 Å². The fourth-order valence-electron chi connectivity index (χ4n) is 2.32. The number of carbonyl (C=O) groups is 2. The van der Waals surface area contributed by atoms with Crippen LogP contribution in [-0.4, -0.2) is 38.7 Å². The van der Waals surface area contributed by atoms with Gasteiger partial charge in [-0.15, -0.1) is 5.10 Å². The molecule has 7 nitrogen and oxygen atoms in total. The molecule has 0 bridgehead atoms. The molecule has 8 heteroatoms. The molecule has 2 rings (SSSR count). The first-order valence-electron chi connectivity index (χ1n) is 8.48. The third-order valence-corrected chi connectivity index (χ3v) is 4.47. The van der Waals surface area contributed by atoms with Crippen LogP contribution >= 0.6 is 11.5 Å². The Morgan fingerprint density at radius 1 is 1.23 bits per heavy atom. The van der Waals surface area contributed by atoms with E-state index in [0.29, 0.717) is 10.6 Å². The van der Waals surface area contributed by atoms with Gasteiger partial charge in [0.05, 0.1) is 24.3 Å². The molecule has 3 N–H and O–H groups in total. The number of aliphatic hydroxyl groups excluding tert-OH is 1. The van der Waals surface area contributed by atoms with Crippen molar-refractivity contribution in [3.63, 3.8) is 0 Å². The van der Waals surface area contributed by atoms with E-state index < -0.39 is 5.54 Å². The molecule has 2 amide bonds. The Labute approximate surface area is 157 Å². The molecule has 0 radical (unpaired) electrons. The third kappa shape index (κ3) is 5.60. The van der Waals surface area contributed by atoms with Crippen LogP contribution in [0.3, 0.4) is 0 Å². The van der Waals surface area contributed by atoms with Crippen molar-refractivity contribution in [2.75, 3.05) is 11.9 Å². The Hall–Kier alpha value is -2.32. The molecule has 0 fully saturated rings. The molecule has 0 atom stereocenters. The number of hydrogen-bond donors (Lipinski definition) is 3. The zero-order chi connectivity index (χ0) is 19.2. The normalized spacial score (nSPS) is 11.2. The van der Waals surface area contributed by atoms with Gasteiger partial charge in [-0.2, -0.15) is 0 Å². The van der Waals surface area contributed by atoms with Crippen LogP contribution in [0, 0.1) is 0 Å². The first kappa shape index (κ1) is 20.0. The van der Waals surface area contributed by atoms with Gasteiger partial charge in [-0.05, 0) is 49.5 Å². The molecule has 0 saturated heterocycles. The Bertz CT molecular complexity index is 756. The zero-order valence-corrected chi connectivity index (χ0v) is 16.0. The molecule has 140 valence electrons. The summed E-state index contributed by atoms with van der Waals surface area (Å²) in [4.78, 5) is 24.9. The second-order valence-corrected chi connectivity index (χ2v) is 7.47. The van der Waals surface area contributed by atoms with Crippen molar-refractivity contribution in [3.05, 3.63) is 40.4 Å². The Balaban J connectivity index is 1.96. The summed E-state index contributed by atoms with van der Waals surface area (Å²) in [6, 6.07) is 7.09. The van der Waals surface area contributed by atoms with Gasteiger partial charge in [-0.25, -0.2) is 0 Å². The number of rotatable bonds is 8. The fourth-order valence-corrected chi connectivity index (χ4v) is 2.93. The highest BCUT2D eigenvalue weighted by molar-refractivity contribution is 7.08. The Morgan fingerprint density at radius 2 is 1.92 bits per heavy atom. The van der Waals surface area contributed by atoms with Gasteiger partial charge >= 0.3 is 0 Å². The molecule has 1 aromatic carbocycles. The molecular formula is C18H24N4O3S. The Morgan fingerprint density at radius 3 is 2.54 bits per heavy atom. The van der Waals surface area contributed by atoms with E-state index in [0.717, 1.165) is 35.6 Å². The lowest BCUT2D eigenvalue weighted by molar-refractivity contribution is -0.122. The van der Waals surface area contributed by atoms with E-state index in [1.807, 2.05) is 6.92 Å². The van der Waals surface area contributed by atoms with Crippen LogP contribution in [0.1, 0.15) is 48.1 Å². The SMILES string of the molecule is CCCc1nnsc1C(=O)Nc1ccc(CC(=O)NC(C)(C)CO)cc1. The van der Waals surface area contributed by atoms with Crippen LogP contribution < -0.4 is 10.6 Å². The summed E-state index contributed by atoms with van der Waals surface area (Å²) in [5.74, 6) is -0.389. The molecule has 0 spiro atoms. The first-order valence-corrected chi connectivity index (χ1v) is 9.25. The summed E-state index contributed by atoms with van der Waals surface area (Å²) < 4.78 is 3.85. The van der Waals surface area contributed by atoms with Gasteiger partial charge in [0, 0.05) is 5.69 Å². The number of carbonyl (C=O) groups excluding carboxylic acids is 2. The van der Waals surface area contributed by atoms with E-state index in [-0.39, 0.29) is 24.8 Å². The van der Waals surface area contributed by atoms with E-state index in [2.05, 4.69) is 20.2 Å². The van der Waals surface area contributed by atoms with Crippen molar-refractivity contribution < 1.29 is 14.7 Å². The second-order valence-electron chi connectivity index (χ2n) is 6.72. The van der Waals surface area contributed by atoms with Gasteiger partial charge in [-0.3, -0.25) is 9.59 Å². The van der Waals surface area contributed by atoms with Crippen LogP contribution in [0.2, 0.25) is 0 Å². The predicted molar refractivity (Wildman–Crippen MR) is 101 cm³/mol. The highest BCUT2D eigenvalue weighted by Crippen LogP contribution is 2.17. The van der Waals surface area contributed by atoms with Crippen molar-refractivity contribution in [1.82, 2.24) is 14.9 Å². The minimum Gasteiger partial charge on any atom is -0.394 e. The van der Waals surface area contributed by atoms with E-state index in [9.17, 15) is 14.7 Å². The number of anilines is 1. The maximum Gasteiger partial charge on any atom is 0.269 e. The number of aromatic nitrogens is 2. The van der Waals surface area contributed by atoms with E-state index in [4.69, 9.17) is 0 Å². The summed E-state index contributed by atoms with van der Waals surface area (Å²) in [5.41, 5.74) is 1.53. The lowest BCUT2D eigenvalue weighted by atomic mass is 10.1. The zero-order valence-electron chi connectivity index (χ0n) is 15.2. The first-order chi connectivity index (χ1) is 12.3. The standard InChI is InChI=1S/C18H24N4O3S/c1-4-5-14-16(26-22-21-14)17(25)19-13-8-6-12(7-9-13)10-15(24)20-18(2,3)11-23/h6-9,23H,4-5,10-11H2,1-3H3,(H,19,25)(H,20,24). The van der Waals surface area contributed by atoms with Crippen molar-refractivity contribution in [1.29, 1.82) is 0 Å². The maximum absolute atomic E-state index is 12.4. The molecular weight excluding hydrogens is 352 g/mol. The number of benzene rings is 1. The number of aliphatic hydroxyl groups is 1. The summed E-state index contributed by atoms with van der Waals surface area (Å²) in [5, 5.41) is 18.8. The molecule has 0 unspecified atom stereocenters. The van der Waals surface area contributed by atoms with Gasteiger partial charge in [0.25, 0.3) is 5.91 Å². The van der Waals surface area contributed by atoms with E-state index in [1.54, 1.807) is 38.1 Å². The summed E-state index contributed by atoms with van der Waals surface area (Å²) in [7, 11) is 0. The van der Waals surface area contributed by atoms with Gasteiger partial charge in [0.1, 0.15) is 4.88 Å². The highest BCUT2D eigenvalue weighted by atomic mass is 32.1. The maximum atomic E-state index is 12.4. The third-order valence-electron chi connectivity index (χ3n) is 3.70. The average molecular weight is 376 g/mol. The molecule has 1 heterocycles. The van der Waals surface area contributed by atoms with Gasteiger partial charge in [0.15, 0.2) is 0 Å². The summed E-state index contributed by atoms with van der Waals surface area (Å²) >= 11 is 1.09. The molecule has 0 aliphatic rings. The smallest absolute Gasteiger partial charge is 0.269 e. The molecule has 0 aliphatic heterocycles. The lowest BCUT2D eigenvalue weighted by Crippen LogP contribution is -2.46. The number of aryl methyl sites for hydroxylation is 1. The van der Waals surface area contributed by atoms with Crippen molar-refractivity contribution >= 4 is 29.0 Å². The number of nitrogens with zero attached hydrogens (tertiary/aromatic N) is 2. The largest absolute Gasteiger partial charge is 0.394 e. The van der Waals surface area contributed by atoms with Crippen LogP contribution in [0.4, 0.5) is 5.69 Å². The summed E-state index contributed by atoms with van der Waals surface area (Å²) in [6.07, 6.45) is 1.82. The van der Waals surface area contributed by atoms with E-state index in [1.165, 1.54) is 0 Å². The van der Waals surface area contributed by atoms with Gasteiger partial charge in [-0.1, -0.05) is 30.0 Å². The summed E-state index contributed by atoms with van der Waals surface area (Å²) in [6.45, 7) is 5.41. The van der Waals surface area contributed by atoms with Crippen molar-refractivity contribution in [2.24, 2.45) is 0 Å². The molecule has 0 saturated carbocycles. The number of nitrogens with one attached hydrogen (secondary N) is 2. The molecule has 2 aromatic rings.